The fraction of sp³-hybridized carbons (Fsp3) is 0.750. The molecule has 4 heteroatoms. The summed E-state index contributed by atoms with van der Waals surface area (Å²) in [5.74, 6) is 3.87. The highest BCUT2D eigenvalue weighted by Gasteiger charge is 2.26. The number of rotatable bonds is 5. The molecule has 1 aromatic heterocycles. The lowest BCUT2D eigenvalue weighted by Gasteiger charge is -2.26. The van der Waals surface area contributed by atoms with Gasteiger partial charge in [-0.25, -0.2) is 4.98 Å². The summed E-state index contributed by atoms with van der Waals surface area (Å²) in [6.07, 6.45) is 8.98. The number of nitrogens with zero attached hydrogens (tertiary/aromatic N) is 1. The third kappa shape index (κ3) is 3.62. The fourth-order valence-electron chi connectivity index (χ4n) is 3.14. The van der Waals surface area contributed by atoms with E-state index in [0.717, 1.165) is 42.9 Å². The number of aromatic amines is 1. The van der Waals surface area contributed by atoms with Crippen LogP contribution in [0.3, 0.4) is 0 Å². The van der Waals surface area contributed by atoms with Gasteiger partial charge in [0.1, 0.15) is 11.6 Å². The highest BCUT2D eigenvalue weighted by Crippen LogP contribution is 2.37. The highest BCUT2D eigenvalue weighted by molar-refractivity contribution is 5.33. The molecule has 2 N–H and O–H groups in total. The molecule has 0 bridgehead atoms. The SMILES string of the molecule is CC1CCC(CCNc2cc(=O)[nH]c(C3CC3)n2)CC1. The van der Waals surface area contributed by atoms with Gasteiger partial charge in [-0.1, -0.05) is 32.6 Å². The predicted octanol–water partition coefficient (Wildman–Crippen LogP) is 3.28. The molecule has 3 rings (SSSR count). The molecule has 1 aromatic rings. The Bertz CT molecular complexity index is 499. The Hall–Kier alpha value is -1.32. The van der Waals surface area contributed by atoms with E-state index in [1.807, 2.05) is 0 Å². The Balaban J connectivity index is 1.49. The lowest BCUT2D eigenvalue weighted by atomic mass is 9.81. The van der Waals surface area contributed by atoms with Gasteiger partial charge in [0.15, 0.2) is 0 Å². The van der Waals surface area contributed by atoms with Gasteiger partial charge < -0.3 is 10.3 Å². The van der Waals surface area contributed by atoms with Crippen molar-refractivity contribution < 1.29 is 0 Å². The standard InChI is InChI=1S/C16H25N3O/c1-11-2-4-12(5-3-11)8-9-17-14-10-15(20)19-16(18-14)13-6-7-13/h10-13H,2-9H2,1H3,(H2,17,18,19,20). The molecule has 0 atom stereocenters. The first-order valence-electron chi connectivity index (χ1n) is 8.06. The maximum absolute atomic E-state index is 11.6. The molecule has 2 aliphatic carbocycles. The first-order chi connectivity index (χ1) is 9.70. The molecule has 0 amide bonds. The Kier molecular flexibility index (Phi) is 4.08. The molecule has 2 fully saturated rings. The molecule has 110 valence electrons. The van der Waals surface area contributed by atoms with Crippen molar-refractivity contribution in [2.75, 3.05) is 11.9 Å². The van der Waals surface area contributed by atoms with Crippen molar-refractivity contribution in [3.8, 4) is 0 Å². The first-order valence-corrected chi connectivity index (χ1v) is 8.06. The molecule has 2 aliphatic rings. The number of hydrogen-bond acceptors (Lipinski definition) is 3. The highest BCUT2D eigenvalue weighted by atomic mass is 16.1. The molecular weight excluding hydrogens is 250 g/mol. The zero-order valence-electron chi connectivity index (χ0n) is 12.3. The van der Waals surface area contributed by atoms with Gasteiger partial charge in [-0.2, -0.15) is 0 Å². The van der Waals surface area contributed by atoms with E-state index in [1.165, 1.54) is 32.1 Å². The smallest absolute Gasteiger partial charge is 0.252 e. The van der Waals surface area contributed by atoms with Crippen LogP contribution in [-0.4, -0.2) is 16.5 Å². The maximum Gasteiger partial charge on any atom is 0.252 e. The van der Waals surface area contributed by atoms with Crippen LogP contribution in [0.2, 0.25) is 0 Å². The van der Waals surface area contributed by atoms with Crippen molar-refractivity contribution in [3.63, 3.8) is 0 Å². The van der Waals surface area contributed by atoms with Crippen LogP contribution in [0.4, 0.5) is 5.82 Å². The van der Waals surface area contributed by atoms with E-state index in [2.05, 4.69) is 22.2 Å². The Morgan fingerprint density at radius 3 is 2.70 bits per heavy atom. The molecule has 0 spiro atoms. The monoisotopic (exact) mass is 275 g/mol. The van der Waals surface area contributed by atoms with E-state index >= 15 is 0 Å². The van der Waals surface area contributed by atoms with Crippen molar-refractivity contribution in [3.05, 3.63) is 22.2 Å². The lowest BCUT2D eigenvalue weighted by molar-refractivity contribution is 0.282. The number of nitrogens with one attached hydrogen (secondary N) is 2. The van der Waals surface area contributed by atoms with Crippen LogP contribution in [0, 0.1) is 11.8 Å². The lowest BCUT2D eigenvalue weighted by Crippen LogP contribution is -2.18. The van der Waals surface area contributed by atoms with Gasteiger partial charge in [0, 0.05) is 18.5 Å². The normalized spacial score (nSPS) is 26.4. The topological polar surface area (TPSA) is 57.8 Å². The summed E-state index contributed by atoms with van der Waals surface area (Å²) in [5.41, 5.74) is -0.0316. The first kappa shape index (κ1) is 13.7. The van der Waals surface area contributed by atoms with Crippen molar-refractivity contribution in [2.24, 2.45) is 11.8 Å². The number of anilines is 1. The van der Waals surface area contributed by atoms with Gasteiger partial charge in [0.25, 0.3) is 5.56 Å². The van der Waals surface area contributed by atoms with Crippen molar-refractivity contribution in [1.29, 1.82) is 0 Å². The maximum atomic E-state index is 11.6. The van der Waals surface area contributed by atoms with Crippen LogP contribution < -0.4 is 10.9 Å². The molecule has 20 heavy (non-hydrogen) atoms. The molecule has 2 saturated carbocycles. The summed E-state index contributed by atoms with van der Waals surface area (Å²) in [6, 6.07) is 1.58. The Morgan fingerprint density at radius 2 is 2.00 bits per heavy atom. The average molecular weight is 275 g/mol. The zero-order chi connectivity index (χ0) is 13.9. The molecule has 4 nitrogen and oxygen atoms in total. The van der Waals surface area contributed by atoms with Crippen LogP contribution in [0.1, 0.15) is 63.6 Å². The van der Waals surface area contributed by atoms with Crippen molar-refractivity contribution in [1.82, 2.24) is 9.97 Å². The van der Waals surface area contributed by atoms with Crippen LogP contribution in [0.15, 0.2) is 10.9 Å². The van der Waals surface area contributed by atoms with Gasteiger partial charge in [0.05, 0.1) is 0 Å². The van der Waals surface area contributed by atoms with E-state index in [0.29, 0.717) is 5.92 Å². The molecule has 0 aromatic carbocycles. The second-order valence-corrected chi connectivity index (χ2v) is 6.63. The summed E-state index contributed by atoms with van der Waals surface area (Å²) in [6.45, 7) is 3.29. The molecule has 1 heterocycles. The van der Waals surface area contributed by atoms with Gasteiger partial charge in [-0.3, -0.25) is 4.79 Å². The second kappa shape index (κ2) is 5.98. The van der Waals surface area contributed by atoms with Gasteiger partial charge in [-0.15, -0.1) is 0 Å². The fourth-order valence-corrected chi connectivity index (χ4v) is 3.14. The van der Waals surface area contributed by atoms with E-state index in [9.17, 15) is 4.79 Å². The Labute approximate surface area is 120 Å². The molecule has 0 saturated heterocycles. The number of hydrogen-bond donors (Lipinski definition) is 2. The summed E-state index contributed by atoms with van der Waals surface area (Å²) in [4.78, 5) is 19.0. The summed E-state index contributed by atoms with van der Waals surface area (Å²) < 4.78 is 0. The zero-order valence-corrected chi connectivity index (χ0v) is 12.3. The molecule has 0 aliphatic heterocycles. The van der Waals surface area contributed by atoms with E-state index < -0.39 is 0 Å². The van der Waals surface area contributed by atoms with E-state index in [4.69, 9.17) is 0 Å². The number of aromatic nitrogens is 2. The number of H-pyrrole nitrogens is 1. The van der Waals surface area contributed by atoms with Crippen LogP contribution in [0.5, 0.6) is 0 Å². The average Bonchev–Trinajstić information content (AvgIpc) is 3.25. The largest absolute Gasteiger partial charge is 0.370 e. The van der Waals surface area contributed by atoms with Crippen LogP contribution >= 0.6 is 0 Å². The minimum Gasteiger partial charge on any atom is -0.370 e. The second-order valence-electron chi connectivity index (χ2n) is 6.63. The minimum atomic E-state index is -0.0316. The summed E-state index contributed by atoms with van der Waals surface area (Å²) >= 11 is 0. The van der Waals surface area contributed by atoms with Crippen molar-refractivity contribution >= 4 is 5.82 Å². The molecular formula is C16H25N3O. The Morgan fingerprint density at radius 1 is 1.25 bits per heavy atom. The van der Waals surface area contributed by atoms with Crippen LogP contribution in [0.25, 0.3) is 0 Å². The van der Waals surface area contributed by atoms with Gasteiger partial charge in [0.2, 0.25) is 0 Å². The molecule has 0 unspecified atom stereocenters. The third-order valence-corrected chi connectivity index (χ3v) is 4.72. The van der Waals surface area contributed by atoms with E-state index in [-0.39, 0.29) is 5.56 Å². The van der Waals surface area contributed by atoms with Crippen LogP contribution in [-0.2, 0) is 0 Å². The minimum absolute atomic E-state index is 0.0316. The van der Waals surface area contributed by atoms with Gasteiger partial charge in [-0.05, 0) is 31.1 Å². The quantitative estimate of drug-likeness (QED) is 0.867. The van der Waals surface area contributed by atoms with Crippen molar-refractivity contribution in [2.45, 2.75) is 57.8 Å². The summed E-state index contributed by atoms with van der Waals surface area (Å²) in [5, 5.41) is 3.34. The third-order valence-electron chi connectivity index (χ3n) is 4.72. The summed E-state index contributed by atoms with van der Waals surface area (Å²) in [7, 11) is 0. The predicted molar refractivity (Wildman–Crippen MR) is 81.1 cm³/mol. The van der Waals surface area contributed by atoms with Gasteiger partial charge >= 0.3 is 0 Å². The van der Waals surface area contributed by atoms with E-state index in [1.54, 1.807) is 6.07 Å². The molecule has 0 radical (unpaired) electrons.